The molecule has 3 saturated heterocycles. The van der Waals surface area contributed by atoms with E-state index in [1.807, 2.05) is 0 Å². The van der Waals surface area contributed by atoms with Crippen LogP contribution in [-0.2, 0) is 10.2 Å². The third kappa shape index (κ3) is 3.29. The SMILES string of the molecule is O=S(=O)(NC1CC2CCC(C1)N2)N1CCCCCC1. The van der Waals surface area contributed by atoms with Gasteiger partial charge in [-0.3, -0.25) is 0 Å². The van der Waals surface area contributed by atoms with E-state index in [0.29, 0.717) is 25.2 Å². The lowest BCUT2D eigenvalue weighted by Crippen LogP contribution is -2.51. The Bertz CT molecular complexity index is 392. The highest BCUT2D eigenvalue weighted by Crippen LogP contribution is 2.27. The fourth-order valence-electron chi connectivity index (χ4n) is 3.72. The Morgan fingerprint density at radius 2 is 1.53 bits per heavy atom. The molecule has 2 unspecified atom stereocenters. The van der Waals surface area contributed by atoms with Crippen LogP contribution in [0.3, 0.4) is 0 Å². The zero-order chi connectivity index (χ0) is 13.3. The first-order chi connectivity index (χ1) is 9.13. The Kier molecular flexibility index (Phi) is 4.12. The van der Waals surface area contributed by atoms with Crippen molar-refractivity contribution in [3.8, 4) is 0 Å². The smallest absolute Gasteiger partial charge is 0.279 e. The second-order valence-electron chi connectivity index (χ2n) is 6.24. The quantitative estimate of drug-likeness (QED) is 0.813. The first-order valence-corrected chi connectivity index (χ1v) is 9.11. The van der Waals surface area contributed by atoms with Gasteiger partial charge in [-0.1, -0.05) is 12.8 Å². The molecule has 2 N–H and O–H groups in total. The van der Waals surface area contributed by atoms with Crippen molar-refractivity contribution in [2.45, 2.75) is 69.5 Å². The molecular weight excluding hydrogens is 262 g/mol. The third-order valence-electron chi connectivity index (χ3n) is 4.69. The summed E-state index contributed by atoms with van der Waals surface area (Å²) in [4.78, 5) is 0. The van der Waals surface area contributed by atoms with Crippen molar-refractivity contribution in [3.63, 3.8) is 0 Å². The number of rotatable bonds is 3. The van der Waals surface area contributed by atoms with E-state index < -0.39 is 10.2 Å². The molecule has 0 aromatic carbocycles. The van der Waals surface area contributed by atoms with Crippen molar-refractivity contribution in [3.05, 3.63) is 0 Å². The van der Waals surface area contributed by atoms with Crippen LogP contribution in [0.1, 0.15) is 51.4 Å². The standard InChI is InChI=1S/C13H25N3O2S/c17-19(18,16-7-3-1-2-4-8-16)15-13-9-11-5-6-12(10-13)14-11/h11-15H,1-10H2. The van der Waals surface area contributed by atoms with Gasteiger partial charge in [-0.25, -0.2) is 0 Å². The van der Waals surface area contributed by atoms with Gasteiger partial charge in [0.25, 0.3) is 10.2 Å². The average Bonchev–Trinajstić information content (AvgIpc) is 2.58. The summed E-state index contributed by atoms with van der Waals surface area (Å²) in [5, 5.41) is 3.55. The first kappa shape index (κ1) is 13.8. The van der Waals surface area contributed by atoms with Crippen LogP contribution >= 0.6 is 0 Å². The summed E-state index contributed by atoms with van der Waals surface area (Å²) in [5.41, 5.74) is 0. The van der Waals surface area contributed by atoms with E-state index in [9.17, 15) is 8.42 Å². The highest BCUT2D eigenvalue weighted by molar-refractivity contribution is 7.87. The zero-order valence-electron chi connectivity index (χ0n) is 11.5. The molecule has 0 amide bonds. The van der Waals surface area contributed by atoms with Crippen molar-refractivity contribution < 1.29 is 8.42 Å². The maximum Gasteiger partial charge on any atom is 0.279 e. The van der Waals surface area contributed by atoms with Crippen molar-refractivity contribution in [2.75, 3.05) is 13.1 Å². The van der Waals surface area contributed by atoms with Crippen molar-refractivity contribution in [1.29, 1.82) is 0 Å². The number of nitrogens with zero attached hydrogens (tertiary/aromatic N) is 1. The molecule has 3 aliphatic heterocycles. The Balaban J connectivity index is 1.61. The molecule has 0 aromatic rings. The zero-order valence-corrected chi connectivity index (χ0v) is 12.3. The lowest BCUT2D eigenvalue weighted by molar-refractivity contribution is 0.333. The molecule has 2 atom stereocenters. The van der Waals surface area contributed by atoms with Crippen LogP contribution < -0.4 is 10.0 Å². The molecule has 3 heterocycles. The minimum Gasteiger partial charge on any atom is -0.311 e. The van der Waals surface area contributed by atoms with Crippen LogP contribution in [0.5, 0.6) is 0 Å². The Morgan fingerprint density at radius 3 is 2.11 bits per heavy atom. The van der Waals surface area contributed by atoms with Crippen molar-refractivity contribution in [1.82, 2.24) is 14.3 Å². The van der Waals surface area contributed by atoms with Crippen molar-refractivity contribution >= 4 is 10.2 Å². The van der Waals surface area contributed by atoms with E-state index in [0.717, 1.165) is 38.5 Å². The summed E-state index contributed by atoms with van der Waals surface area (Å²) in [6, 6.07) is 1.18. The Labute approximate surface area is 116 Å². The van der Waals surface area contributed by atoms with E-state index in [4.69, 9.17) is 0 Å². The molecule has 110 valence electrons. The Hall–Kier alpha value is -0.170. The molecule has 0 aromatic heterocycles. The molecule has 3 fully saturated rings. The lowest BCUT2D eigenvalue weighted by Gasteiger charge is -2.31. The molecule has 0 spiro atoms. The van der Waals surface area contributed by atoms with Gasteiger partial charge in [-0.2, -0.15) is 17.4 Å². The minimum atomic E-state index is -3.27. The summed E-state index contributed by atoms with van der Waals surface area (Å²) in [5.74, 6) is 0. The molecule has 0 saturated carbocycles. The molecule has 0 aliphatic carbocycles. The number of hydrogen-bond acceptors (Lipinski definition) is 3. The van der Waals surface area contributed by atoms with Crippen LogP contribution in [0.4, 0.5) is 0 Å². The van der Waals surface area contributed by atoms with E-state index >= 15 is 0 Å². The molecular formula is C13H25N3O2S. The molecule has 2 bridgehead atoms. The van der Waals surface area contributed by atoms with E-state index in [1.165, 1.54) is 12.8 Å². The highest BCUT2D eigenvalue weighted by atomic mass is 32.2. The topological polar surface area (TPSA) is 61.4 Å². The molecule has 5 nitrogen and oxygen atoms in total. The largest absolute Gasteiger partial charge is 0.311 e. The van der Waals surface area contributed by atoms with Crippen LogP contribution in [0, 0.1) is 0 Å². The summed E-state index contributed by atoms with van der Waals surface area (Å²) >= 11 is 0. The van der Waals surface area contributed by atoms with Crippen molar-refractivity contribution in [2.24, 2.45) is 0 Å². The van der Waals surface area contributed by atoms with E-state index in [2.05, 4.69) is 10.0 Å². The number of fused-ring (bicyclic) bond motifs is 2. The van der Waals surface area contributed by atoms with Crippen LogP contribution in [0.2, 0.25) is 0 Å². The lowest BCUT2D eigenvalue weighted by atomic mass is 10.0. The van der Waals surface area contributed by atoms with Gasteiger partial charge in [0.1, 0.15) is 0 Å². The first-order valence-electron chi connectivity index (χ1n) is 7.67. The highest BCUT2D eigenvalue weighted by Gasteiger charge is 2.36. The number of piperidine rings is 1. The minimum absolute atomic E-state index is 0.131. The van der Waals surface area contributed by atoms with Gasteiger partial charge in [0, 0.05) is 31.2 Å². The molecule has 6 heteroatoms. The van der Waals surface area contributed by atoms with Gasteiger partial charge in [0.05, 0.1) is 0 Å². The maximum absolute atomic E-state index is 12.4. The van der Waals surface area contributed by atoms with Gasteiger partial charge < -0.3 is 5.32 Å². The summed E-state index contributed by atoms with van der Waals surface area (Å²) in [6.07, 6.45) is 8.61. The van der Waals surface area contributed by atoms with E-state index in [1.54, 1.807) is 4.31 Å². The van der Waals surface area contributed by atoms with Crippen LogP contribution in [0.25, 0.3) is 0 Å². The number of nitrogens with one attached hydrogen (secondary N) is 2. The van der Waals surface area contributed by atoms with E-state index in [-0.39, 0.29) is 6.04 Å². The average molecular weight is 287 g/mol. The predicted molar refractivity (Wildman–Crippen MR) is 75.1 cm³/mol. The molecule has 19 heavy (non-hydrogen) atoms. The summed E-state index contributed by atoms with van der Waals surface area (Å²) in [6.45, 7) is 1.38. The maximum atomic E-state index is 12.4. The second-order valence-corrected chi connectivity index (χ2v) is 7.94. The van der Waals surface area contributed by atoms with Gasteiger partial charge >= 0.3 is 0 Å². The fraction of sp³-hybridized carbons (Fsp3) is 1.00. The Morgan fingerprint density at radius 1 is 0.947 bits per heavy atom. The molecule has 0 radical (unpaired) electrons. The monoisotopic (exact) mass is 287 g/mol. The van der Waals surface area contributed by atoms with Crippen LogP contribution in [-0.4, -0.2) is 43.9 Å². The van der Waals surface area contributed by atoms with Gasteiger partial charge in [-0.05, 0) is 38.5 Å². The second kappa shape index (κ2) is 5.68. The van der Waals surface area contributed by atoms with Gasteiger partial charge in [-0.15, -0.1) is 0 Å². The third-order valence-corrected chi connectivity index (χ3v) is 6.37. The summed E-state index contributed by atoms with van der Waals surface area (Å²) in [7, 11) is -3.27. The van der Waals surface area contributed by atoms with Gasteiger partial charge in [0.15, 0.2) is 0 Å². The number of hydrogen-bond donors (Lipinski definition) is 2. The normalized spacial score (nSPS) is 37.2. The van der Waals surface area contributed by atoms with Crippen LogP contribution in [0.15, 0.2) is 0 Å². The fourth-order valence-corrected chi connectivity index (χ4v) is 5.22. The predicted octanol–water partition coefficient (Wildman–Crippen LogP) is 0.980. The molecule has 3 rings (SSSR count). The molecule has 3 aliphatic rings. The summed E-state index contributed by atoms with van der Waals surface area (Å²) < 4.78 is 29.5. The van der Waals surface area contributed by atoms with Gasteiger partial charge in [0.2, 0.25) is 0 Å².